The van der Waals surface area contributed by atoms with E-state index in [1.165, 1.54) is 99.4 Å². The summed E-state index contributed by atoms with van der Waals surface area (Å²) in [4.78, 5) is 0. The van der Waals surface area contributed by atoms with E-state index in [0.717, 1.165) is 6.42 Å². The minimum absolute atomic E-state index is 0.0881. The predicted octanol–water partition coefficient (Wildman–Crippen LogP) is 15.0. The summed E-state index contributed by atoms with van der Waals surface area (Å²) in [6, 6.07) is 46.3. The van der Waals surface area contributed by atoms with Crippen LogP contribution in [0, 0.1) is 18.8 Å². The minimum Gasteiger partial charge on any atom is -0.0811 e. The zero-order valence-corrected chi connectivity index (χ0v) is 31.7. The maximum absolute atomic E-state index is 2.57. The number of hydrogen-bond donors (Lipinski definition) is 0. The fourth-order valence-electron chi connectivity index (χ4n) is 10.6. The molecule has 0 heterocycles. The Balaban J connectivity index is 1.34. The van der Waals surface area contributed by atoms with Gasteiger partial charge in [0.25, 0.3) is 0 Å². The molecule has 0 saturated carbocycles. The van der Waals surface area contributed by atoms with Crippen LogP contribution < -0.4 is 0 Å². The molecule has 3 aliphatic carbocycles. The molecule has 0 N–H and O–H groups in total. The quantitative estimate of drug-likeness (QED) is 0.162. The lowest BCUT2D eigenvalue weighted by atomic mass is 9.76. The first kappa shape index (κ1) is 32.2. The third-order valence-corrected chi connectivity index (χ3v) is 12.8. The Morgan fingerprint density at radius 3 is 1.98 bits per heavy atom. The van der Waals surface area contributed by atoms with E-state index in [2.05, 4.69) is 181 Å². The van der Waals surface area contributed by atoms with Gasteiger partial charge in [-0.2, -0.15) is 0 Å². The zero-order chi connectivity index (χ0) is 36.2. The molecule has 0 heteroatoms. The van der Waals surface area contributed by atoms with Crippen LogP contribution in [-0.2, 0) is 5.41 Å². The van der Waals surface area contributed by atoms with Crippen molar-refractivity contribution >= 4 is 27.1 Å². The van der Waals surface area contributed by atoms with Gasteiger partial charge >= 0.3 is 0 Å². The van der Waals surface area contributed by atoms with Crippen molar-refractivity contribution in [3.05, 3.63) is 162 Å². The molecule has 3 unspecified atom stereocenters. The molecule has 0 amide bonds. The molecule has 3 atom stereocenters. The van der Waals surface area contributed by atoms with E-state index in [1.807, 2.05) is 0 Å². The van der Waals surface area contributed by atoms with Gasteiger partial charge in [-0.25, -0.2) is 0 Å². The molecule has 0 aromatic heterocycles. The van der Waals surface area contributed by atoms with E-state index in [9.17, 15) is 0 Å². The van der Waals surface area contributed by atoms with Crippen LogP contribution in [0.1, 0.15) is 69.2 Å². The van der Waals surface area contributed by atoms with E-state index >= 15 is 0 Å². The topological polar surface area (TPSA) is 0 Å². The molecular formula is C53H46. The molecule has 10 rings (SSSR count). The van der Waals surface area contributed by atoms with Crippen molar-refractivity contribution in [2.45, 2.75) is 59.3 Å². The van der Waals surface area contributed by atoms with Gasteiger partial charge in [0, 0.05) is 0 Å². The highest BCUT2D eigenvalue weighted by molar-refractivity contribution is 6.29. The third kappa shape index (κ3) is 4.61. The highest BCUT2D eigenvalue weighted by atomic mass is 14.5. The van der Waals surface area contributed by atoms with Gasteiger partial charge in [0.15, 0.2) is 0 Å². The van der Waals surface area contributed by atoms with Crippen LogP contribution in [0.5, 0.6) is 0 Å². The largest absolute Gasteiger partial charge is 0.0811 e. The first-order valence-corrected chi connectivity index (χ1v) is 19.6. The lowest BCUT2D eigenvalue weighted by Crippen LogP contribution is -2.16. The van der Waals surface area contributed by atoms with Crippen LogP contribution in [0.25, 0.3) is 82.8 Å². The smallest absolute Gasteiger partial charge is 0.00166 e. The number of allylic oxidation sites excluding steroid dienone is 4. The average Bonchev–Trinajstić information content (AvgIpc) is 3.68. The van der Waals surface area contributed by atoms with Gasteiger partial charge in [-0.05, 0) is 154 Å². The molecule has 7 aromatic carbocycles. The molecule has 0 radical (unpaired) electrons. The van der Waals surface area contributed by atoms with Crippen molar-refractivity contribution in [3.63, 3.8) is 0 Å². The van der Waals surface area contributed by atoms with Crippen molar-refractivity contribution in [2.24, 2.45) is 11.8 Å². The Morgan fingerprint density at radius 1 is 0.566 bits per heavy atom. The van der Waals surface area contributed by atoms with Crippen LogP contribution in [0.15, 0.2) is 140 Å². The SMILES string of the molecule is CCC1c2c(c(-c3ccccc3)c3cc4c5c(cccc5c3c2-c2ccccc2)-c2cc(-c3cccc(C(C)(C)C)c3C)ccc2-4)C2=CC=CC(C)C21. The Hall–Kier alpha value is -5.46. The van der Waals surface area contributed by atoms with E-state index in [4.69, 9.17) is 0 Å². The lowest BCUT2D eigenvalue weighted by molar-refractivity contribution is 0.437. The minimum atomic E-state index is 0.0881. The second-order valence-corrected chi connectivity index (χ2v) is 16.7. The average molecular weight is 683 g/mol. The molecular weight excluding hydrogens is 637 g/mol. The van der Waals surface area contributed by atoms with Gasteiger partial charge in [-0.1, -0.05) is 162 Å². The van der Waals surface area contributed by atoms with Gasteiger partial charge in [-0.15, -0.1) is 0 Å². The van der Waals surface area contributed by atoms with Crippen LogP contribution in [-0.4, -0.2) is 0 Å². The third-order valence-electron chi connectivity index (χ3n) is 12.8. The van der Waals surface area contributed by atoms with E-state index < -0.39 is 0 Å². The lowest BCUT2D eigenvalue weighted by Gasteiger charge is -2.27. The Labute approximate surface area is 314 Å². The van der Waals surface area contributed by atoms with Crippen molar-refractivity contribution in [2.75, 3.05) is 0 Å². The first-order chi connectivity index (χ1) is 25.8. The molecule has 0 bridgehead atoms. The summed E-state index contributed by atoms with van der Waals surface area (Å²) in [7, 11) is 0. The second-order valence-electron chi connectivity index (χ2n) is 16.7. The van der Waals surface area contributed by atoms with Crippen molar-refractivity contribution < 1.29 is 0 Å². The molecule has 3 aliphatic rings. The summed E-state index contributed by atoms with van der Waals surface area (Å²) in [6.07, 6.45) is 8.30. The second kappa shape index (κ2) is 11.8. The van der Waals surface area contributed by atoms with Gasteiger partial charge in [0.2, 0.25) is 0 Å². The number of fused-ring (bicyclic) bond motifs is 8. The van der Waals surface area contributed by atoms with Crippen LogP contribution >= 0.6 is 0 Å². The maximum atomic E-state index is 2.57. The first-order valence-electron chi connectivity index (χ1n) is 19.6. The van der Waals surface area contributed by atoms with Crippen molar-refractivity contribution in [1.82, 2.24) is 0 Å². The summed E-state index contributed by atoms with van der Waals surface area (Å²) >= 11 is 0. The summed E-state index contributed by atoms with van der Waals surface area (Å²) in [5.41, 5.74) is 20.9. The van der Waals surface area contributed by atoms with Gasteiger partial charge < -0.3 is 0 Å². The van der Waals surface area contributed by atoms with Gasteiger partial charge in [0.1, 0.15) is 0 Å². The highest BCUT2D eigenvalue weighted by Gasteiger charge is 2.43. The fourth-order valence-corrected chi connectivity index (χ4v) is 10.6. The number of benzene rings is 7. The predicted molar refractivity (Wildman–Crippen MR) is 228 cm³/mol. The molecule has 0 saturated heterocycles. The van der Waals surface area contributed by atoms with Crippen molar-refractivity contribution in [1.29, 1.82) is 0 Å². The monoisotopic (exact) mass is 682 g/mol. The van der Waals surface area contributed by atoms with Crippen molar-refractivity contribution in [3.8, 4) is 55.6 Å². The van der Waals surface area contributed by atoms with E-state index in [0.29, 0.717) is 17.8 Å². The molecule has 0 fully saturated rings. The van der Waals surface area contributed by atoms with Crippen LogP contribution in [0.4, 0.5) is 0 Å². The van der Waals surface area contributed by atoms with E-state index in [-0.39, 0.29) is 5.41 Å². The van der Waals surface area contributed by atoms with Gasteiger partial charge in [-0.3, -0.25) is 0 Å². The fraction of sp³-hybridized carbons (Fsp3) is 0.208. The number of rotatable bonds is 4. The van der Waals surface area contributed by atoms with Crippen LogP contribution in [0.2, 0.25) is 0 Å². The summed E-state index contributed by atoms with van der Waals surface area (Å²) in [5.74, 6) is 1.39. The zero-order valence-electron chi connectivity index (χ0n) is 31.7. The molecule has 53 heavy (non-hydrogen) atoms. The van der Waals surface area contributed by atoms with E-state index in [1.54, 1.807) is 5.56 Å². The number of hydrogen-bond acceptors (Lipinski definition) is 0. The molecule has 7 aromatic rings. The summed E-state index contributed by atoms with van der Waals surface area (Å²) < 4.78 is 0. The molecule has 258 valence electrons. The molecule has 0 spiro atoms. The normalized spacial score (nSPS) is 18.3. The maximum Gasteiger partial charge on any atom is -0.00166 e. The summed E-state index contributed by atoms with van der Waals surface area (Å²) in [5, 5.41) is 5.51. The summed E-state index contributed by atoms with van der Waals surface area (Å²) in [6.45, 7) is 14.1. The van der Waals surface area contributed by atoms with Gasteiger partial charge in [0.05, 0.1) is 0 Å². The Bertz CT molecular complexity index is 2700. The molecule has 0 aliphatic heterocycles. The molecule has 0 nitrogen and oxygen atoms in total. The Kier molecular flexibility index (Phi) is 7.16. The Morgan fingerprint density at radius 2 is 1.26 bits per heavy atom. The highest BCUT2D eigenvalue weighted by Crippen LogP contribution is 2.62. The standard InChI is InChI=1S/C53H46/c1-7-36-46-31(2)17-14-24-40(46)52-47(33-18-10-8-11-19-33)44-30-43-38-28-27-35(37-22-16-26-45(32(37)3)53(4,5)6)29-42(38)39-23-15-25-41(49(39)43)50(44)48(51(36)52)34-20-12-9-13-21-34/h8-31,36,46H,7H2,1-6H3. The van der Waals surface area contributed by atoms with Crippen LogP contribution in [0.3, 0.4) is 0 Å².